The van der Waals surface area contributed by atoms with E-state index in [0.717, 1.165) is 6.42 Å². The second kappa shape index (κ2) is 8.73. The average Bonchev–Trinajstić information content (AvgIpc) is 3.42. The molecule has 1 amide bonds. The standard InChI is InChI=1S/C22H25N5O4/c1-14(2)27-9-8-23-20(27)18-5-4-6-19(24-18)25-21(28)17-11-16(12-26(3)22(17)29)31-15-7-10-30-13-15/h4-6,8-9,11-12,14-15H,7,10,13H2,1-3H3,(H,24,25,28). The summed E-state index contributed by atoms with van der Waals surface area (Å²) < 4.78 is 14.5. The first-order chi connectivity index (χ1) is 14.9. The van der Waals surface area contributed by atoms with Crippen LogP contribution in [0.15, 0.2) is 47.7 Å². The zero-order chi connectivity index (χ0) is 22.0. The molecular weight excluding hydrogens is 398 g/mol. The highest BCUT2D eigenvalue weighted by Crippen LogP contribution is 2.21. The summed E-state index contributed by atoms with van der Waals surface area (Å²) in [6.45, 7) is 5.24. The number of amides is 1. The average molecular weight is 423 g/mol. The molecule has 1 atom stereocenters. The number of rotatable bonds is 6. The topological polar surface area (TPSA) is 100 Å². The summed E-state index contributed by atoms with van der Waals surface area (Å²) in [4.78, 5) is 34.3. The minimum atomic E-state index is -0.550. The van der Waals surface area contributed by atoms with Crippen molar-refractivity contribution in [2.75, 3.05) is 18.5 Å². The highest BCUT2D eigenvalue weighted by Gasteiger charge is 2.20. The Bertz CT molecular complexity index is 1140. The number of carbonyl (C=O) groups is 1. The number of nitrogens with zero attached hydrogens (tertiary/aromatic N) is 4. The van der Waals surface area contributed by atoms with Crippen molar-refractivity contribution >= 4 is 11.7 Å². The minimum absolute atomic E-state index is 0.0187. The molecule has 9 nitrogen and oxygen atoms in total. The van der Waals surface area contributed by atoms with Crippen molar-refractivity contribution in [2.45, 2.75) is 32.4 Å². The zero-order valence-corrected chi connectivity index (χ0v) is 17.7. The summed E-state index contributed by atoms with van der Waals surface area (Å²) in [5, 5.41) is 2.72. The lowest BCUT2D eigenvalue weighted by Crippen LogP contribution is -2.28. The molecule has 31 heavy (non-hydrogen) atoms. The van der Waals surface area contributed by atoms with Crippen molar-refractivity contribution in [1.29, 1.82) is 0 Å². The largest absolute Gasteiger partial charge is 0.486 e. The van der Waals surface area contributed by atoms with E-state index in [0.29, 0.717) is 36.3 Å². The number of ether oxygens (including phenoxy) is 2. The molecule has 4 rings (SSSR count). The molecule has 1 saturated heterocycles. The van der Waals surface area contributed by atoms with Crippen LogP contribution >= 0.6 is 0 Å². The maximum absolute atomic E-state index is 12.9. The van der Waals surface area contributed by atoms with Crippen molar-refractivity contribution in [3.05, 3.63) is 58.8 Å². The molecule has 0 aliphatic carbocycles. The Balaban J connectivity index is 1.58. The van der Waals surface area contributed by atoms with Crippen LogP contribution < -0.4 is 15.6 Å². The fraction of sp³-hybridized carbons (Fsp3) is 0.364. The molecule has 0 aromatic carbocycles. The van der Waals surface area contributed by atoms with Crippen molar-refractivity contribution in [3.8, 4) is 17.3 Å². The third kappa shape index (κ3) is 4.51. The molecule has 1 unspecified atom stereocenters. The van der Waals surface area contributed by atoms with E-state index in [4.69, 9.17) is 9.47 Å². The van der Waals surface area contributed by atoms with Crippen LogP contribution in [0.1, 0.15) is 36.7 Å². The Morgan fingerprint density at radius 3 is 2.94 bits per heavy atom. The van der Waals surface area contributed by atoms with Gasteiger partial charge >= 0.3 is 0 Å². The summed E-state index contributed by atoms with van der Waals surface area (Å²) in [7, 11) is 1.59. The van der Waals surface area contributed by atoms with Crippen molar-refractivity contribution in [2.24, 2.45) is 7.05 Å². The molecule has 3 aromatic heterocycles. The second-order valence-corrected chi connectivity index (χ2v) is 7.72. The Morgan fingerprint density at radius 1 is 1.35 bits per heavy atom. The van der Waals surface area contributed by atoms with Gasteiger partial charge in [0, 0.05) is 44.2 Å². The Hall–Kier alpha value is -3.46. The van der Waals surface area contributed by atoms with Gasteiger partial charge in [-0.25, -0.2) is 9.97 Å². The van der Waals surface area contributed by atoms with Crippen LogP contribution in [-0.2, 0) is 11.8 Å². The smallest absolute Gasteiger partial charge is 0.263 e. The summed E-state index contributed by atoms with van der Waals surface area (Å²) in [6, 6.07) is 6.97. The van der Waals surface area contributed by atoms with E-state index in [-0.39, 0.29) is 17.7 Å². The van der Waals surface area contributed by atoms with Crippen molar-refractivity contribution in [3.63, 3.8) is 0 Å². The fourth-order valence-electron chi connectivity index (χ4n) is 3.45. The number of anilines is 1. The van der Waals surface area contributed by atoms with Crippen molar-refractivity contribution in [1.82, 2.24) is 19.1 Å². The summed E-state index contributed by atoms with van der Waals surface area (Å²) in [5.74, 6) is 0.934. The maximum Gasteiger partial charge on any atom is 0.263 e. The van der Waals surface area contributed by atoms with Crippen LogP contribution in [0, 0.1) is 0 Å². The first-order valence-electron chi connectivity index (χ1n) is 10.2. The number of hydrogen-bond donors (Lipinski definition) is 1. The molecule has 1 N–H and O–H groups in total. The van der Waals surface area contributed by atoms with Gasteiger partial charge in [-0.1, -0.05) is 6.07 Å². The highest BCUT2D eigenvalue weighted by molar-refractivity contribution is 6.03. The van der Waals surface area contributed by atoms with Gasteiger partial charge in [-0.3, -0.25) is 9.59 Å². The van der Waals surface area contributed by atoms with Gasteiger partial charge in [0.2, 0.25) is 0 Å². The number of carbonyl (C=O) groups excluding carboxylic acids is 1. The van der Waals surface area contributed by atoms with Crippen LogP contribution in [0.4, 0.5) is 5.82 Å². The molecule has 1 aliphatic heterocycles. The molecule has 9 heteroatoms. The normalized spacial score (nSPS) is 15.9. The number of imidazole rings is 1. The quantitative estimate of drug-likeness (QED) is 0.654. The molecule has 4 heterocycles. The molecular formula is C22H25N5O4. The molecule has 1 aliphatic rings. The van der Waals surface area contributed by atoms with Gasteiger partial charge in [-0.2, -0.15) is 0 Å². The van der Waals surface area contributed by atoms with Gasteiger partial charge < -0.3 is 23.9 Å². The van der Waals surface area contributed by atoms with Gasteiger partial charge in [0.05, 0.1) is 13.2 Å². The zero-order valence-electron chi connectivity index (χ0n) is 17.7. The van der Waals surface area contributed by atoms with Gasteiger partial charge in [0.15, 0.2) is 5.82 Å². The lowest BCUT2D eigenvalue weighted by Gasteiger charge is -2.14. The number of nitrogens with one attached hydrogen (secondary N) is 1. The number of pyridine rings is 2. The lowest BCUT2D eigenvalue weighted by molar-refractivity contribution is 0.102. The van der Waals surface area contributed by atoms with Crippen LogP contribution in [0.2, 0.25) is 0 Å². The van der Waals surface area contributed by atoms with E-state index in [1.165, 1.54) is 10.6 Å². The lowest BCUT2D eigenvalue weighted by atomic mass is 10.2. The summed E-state index contributed by atoms with van der Waals surface area (Å²) >= 11 is 0. The monoisotopic (exact) mass is 423 g/mol. The van der Waals surface area contributed by atoms with E-state index in [1.807, 2.05) is 16.8 Å². The molecule has 3 aromatic rings. The SMILES string of the molecule is CC(C)n1ccnc1-c1cccc(NC(=O)c2cc(OC3CCOC3)cn(C)c2=O)n1. The Kier molecular flexibility index (Phi) is 5.85. The predicted molar refractivity (Wildman–Crippen MR) is 115 cm³/mol. The molecule has 0 radical (unpaired) electrons. The van der Waals surface area contributed by atoms with E-state index in [2.05, 4.69) is 29.1 Å². The molecule has 0 saturated carbocycles. The first-order valence-corrected chi connectivity index (χ1v) is 10.2. The Morgan fingerprint density at radius 2 is 2.19 bits per heavy atom. The van der Waals surface area contributed by atoms with E-state index < -0.39 is 11.5 Å². The summed E-state index contributed by atoms with van der Waals surface area (Å²) in [6.07, 6.45) is 5.86. The third-order valence-corrected chi connectivity index (χ3v) is 5.04. The Labute approximate surface area is 179 Å². The number of aromatic nitrogens is 4. The van der Waals surface area contributed by atoms with Gasteiger partial charge in [-0.15, -0.1) is 0 Å². The third-order valence-electron chi connectivity index (χ3n) is 5.04. The van der Waals surface area contributed by atoms with Gasteiger partial charge in [-0.05, 0) is 26.0 Å². The van der Waals surface area contributed by atoms with Crippen LogP contribution in [0.25, 0.3) is 11.5 Å². The maximum atomic E-state index is 12.9. The van der Waals surface area contributed by atoms with Crippen LogP contribution in [0.3, 0.4) is 0 Å². The van der Waals surface area contributed by atoms with Crippen LogP contribution in [0.5, 0.6) is 5.75 Å². The van der Waals surface area contributed by atoms with Crippen LogP contribution in [-0.4, -0.2) is 44.3 Å². The fourth-order valence-corrected chi connectivity index (χ4v) is 3.45. The van der Waals surface area contributed by atoms with E-state index in [9.17, 15) is 9.59 Å². The van der Waals surface area contributed by atoms with E-state index in [1.54, 1.807) is 31.6 Å². The minimum Gasteiger partial charge on any atom is -0.486 e. The van der Waals surface area contributed by atoms with Crippen molar-refractivity contribution < 1.29 is 14.3 Å². The van der Waals surface area contributed by atoms with Gasteiger partial charge in [0.25, 0.3) is 11.5 Å². The second-order valence-electron chi connectivity index (χ2n) is 7.72. The predicted octanol–water partition coefficient (Wildman–Crippen LogP) is 2.64. The molecule has 162 valence electrons. The molecule has 0 bridgehead atoms. The molecule has 1 fully saturated rings. The molecule has 0 spiro atoms. The first kappa shape index (κ1) is 20.8. The van der Waals surface area contributed by atoms with E-state index >= 15 is 0 Å². The summed E-state index contributed by atoms with van der Waals surface area (Å²) in [5.41, 5.74) is 0.191. The highest BCUT2D eigenvalue weighted by atomic mass is 16.5. The number of aryl methyl sites for hydroxylation is 1. The van der Waals surface area contributed by atoms with Gasteiger partial charge in [0.1, 0.15) is 28.9 Å². The number of hydrogen-bond acceptors (Lipinski definition) is 6.